The van der Waals surface area contributed by atoms with Crippen LogP contribution in [-0.4, -0.2) is 62.3 Å². The number of piperazine rings is 1. The molecule has 0 atom stereocenters. The minimum absolute atomic E-state index is 0.130. The summed E-state index contributed by atoms with van der Waals surface area (Å²) in [6.07, 6.45) is 0. The maximum atomic E-state index is 12.3. The van der Waals surface area contributed by atoms with E-state index >= 15 is 0 Å². The van der Waals surface area contributed by atoms with Crippen LogP contribution in [0.1, 0.15) is 0 Å². The third-order valence-corrected chi connectivity index (χ3v) is 6.29. The van der Waals surface area contributed by atoms with Crippen molar-refractivity contribution in [2.45, 2.75) is 5.03 Å². The topological polar surface area (TPSA) is 79.8 Å². The maximum absolute atomic E-state index is 12.3. The number of aromatic nitrogens is 2. The van der Waals surface area contributed by atoms with E-state index in [1.165, 1.54) is 17.4 Å². The van der Waals surface area contributed by atoms with Gasteiger partial charge in [-0.25, -0.2) is 0 Å². The van der Waals surface area contributed by atoms with Crippen LogP contribution >= 0.6 is 11.8 Å². The molecule has 9 heteroatoms. The molecule has 172 valence electrons. The smallest absolute Gasteiger partial charge is 0.234 e. The highest BCUT2D eigenvalue weighted by atomic mass is 32.2. The number of carbonyl (C=O) groups is 1. The Bertz CT molecular complexity index is 1060. The van der Waals surface area contributed by atoms with Gasteiger partial charge in [0.1, 0.15) is 5.03 Å². The zero-order valence-electron chi connectivity index (χ0n) is 18.7. The number of thioether (sulfide) groups is 1. The van der Waals surface area contributed by atoms with Crippen LogP contribution in [0.2, 0.25) is 0 Å². The van der Waals surface area contributed by atoms with Gasteiger partial charge in [-0.15, -0.1) is 10.2 Å². The van der Waals surface area contributed by atoms with Crippen molar-refractivity contribution < 1.29 is 14.3 Å². The van der Waals surface area contributed by atoms with Gasteiger partial charge in [-0.1, -0.05) is 30.0 Å². The van der Waals surface area contributed by atoms with Crippen molar-refractivity contribution in [3.05, 3.63) is 60.7 Å². The van der Waals surface area contributed by atoms with E-state index in [1.807, 2.05) is 18.2 Å². The molecule has 1 fully saturated rings. The molecule has 8 nitrogen and oxygen atoms in total. The second-order valence-electron chi connectivity index (χ2n) is 7.45. The second-order valence-corrected chi connectivity index (χ2v) is 8.44. The van der Waals surface area contributed by atoms with Crippen LogP contribution in [-0.2, 0) is 4.79 Å². The van der Waals surface area contributed by atoms with E-state index in [4.69, 9.17) is 9.47 Å². The number of carbonyl (C=O) groups excluding carboxylic acids is 1. The highest BCUT2D eigenvalue weighted by Crippen LogP contribution is 2.30. The van der Waals surface area contributed by atoms with Gasteiger partial charge in [-0.3, -0.25) is 4.79 Å². The molecule has 1 aliphatic rings. The van der Waals surface area contributed by atoms with E-state index in [2.05, 4.69) is 49.6 Å². The number of para-hydroxylation sites is 1. The second kappa shape index (κ2) is 10.9. The summed E-state index contributed by atoms with van der Waals surface area (Å²) in [5, 5.41) is 12.3. The first-order valence-electron chi connectivity index (χ1n) is 10.7. The number of anilines is 3. The summed E-state index contributed by atoms with van der Waals surface area (Å²) >= 11 is 1.35. The van der Waals surface area contributed by atoms with Crippen molar-refractivity contribution in [2.24, 2.45) is 0 Å². The summed E-state index contributed by atoms with van der Waals surface area (Å²) < 4.78 is 10.5. The van der Waals surface area contributed by atoms with Gasteiger partial charge < -0.3 is 24.6 Å². The van der Waals surface area contributed by atoms with Crippen LogP contribution in [0.5, 0.6) is 11.5 Å². The SMILES string of the molecule is COc1ccc(NC(=O)CSc2ccc(N3CCN(c4ccccc4)CC3)nn2)cc1OC. The molecule has 1 amide bonds. The molecule has 0 bridgehead atoms. The molecule has 2 aromatic carbocycles. The normalized spacial score (nSPS) is 13.5. The van der Waals surface area contributed by atoms with Crippen molar-refractivity contribution in [1.82, 2.24) is 10.2 Å². The molecule has 4 rings (SSSR count). The lowest BCUT2D eigenvalue weighted by Gasteiger charge is -2.36. The zero-order chi connectivity index (χ0) is 23.0. The van der Waals surface area contributed by atoms with Gasteiger partial charge in [0.25, 0.3) is 0 Å². The van der Waals surface area contributed by atoms with Gasteiger partial charge in [0, 0.05) is 43.6 Å². The quantitative estimate of drug-likeness (QED) is 0.506. The lowest BCUT2D eigenvalue weighted by molar-refractivity contribution is -0.113. The molecular weight excluding hydrogens is 438 g/mol. The van der Waals surface area contributed by atoms with E-state index in [9.17, 15) is 4.79 Å². The number of nitrogens with zero attached hydrogens (tertiary/aromatic N) is 4. The Morgan fingerprint density at radius 1 is 0.909 bits per heavy atom. The number of nitrogens with one attached hydrogen (secondary N) is 1. The van der Waals surface area contributed by atoms with Crippen molar-refractivity contribution in [3.8, 4) is 11.5 Å². The monoisotopic (exact) mass is 465 g/mol. The summed E-state index contributed by atoms with van der Waals surface area (Å²) in [6, 6.07) is 19.6. The highest BCUT2D eigenvalue weighted by Gasteiger charge is 2.18. The fraction of sp³-hybridized carbons (Fsp3) is 0.292. The predicted molar refractivity (Wildman–Crippen MR) is 132 cm³/mol. The van der Waals surface area contributed by atoms with Crippen molar-refractivity contribution >= 4 is 34.9 Å². The third-order valence-electron chi connectivity index (χ3n) is 5.37. The van der Waals surface area contributed by atoms with Crippen LogP contribution in [0.15, 0.2) is 65.7 Å². The Kier molecular flexibility index (Phi) is 7.51. The lowest BCUT2D eigenvalue weighted by Crippen LogP contribution is -2.46. The molecule has 0 unspecified atom stereocenters. The molecule has 3 aromatic rings. The molecule has 0 spiro atoms. The van der Waals surface area contributed by atoms with Crippen LogP contribution in [0.25, 0.3) is 0 Å². The highest BCUT2D eigenvalue weighted by molar-refractivity contribution is 7.99. The number of hydrogen-bond acceptors (Lipinski definition) is 8. The summed E-state index contributed by atoms with van der Waals surface area (Å²) in [5.74, 6) is 2.14. The van der Waals surface area contributed by atoms with Crippen molar-refractivity contribution in [3.63, 3.8) is 0 Å². The van der Waals surface area contributed by atoms with Gasteiger partial charge in [0.2, 0.25) is 5.91 Å². The molecule has 0 radical (unpaired) electrons. The molecule has 1 saturated heterocycles. The molecular formula is C24H27N5O3S. The lowest BCUT2D eigenvalue weighted by atomic mass is 10.2. The first-order valence-corrected chi connectivity index (χ1v) is 11.7. The van der Waals surface area contributed by atoms with Crippen LogP contribution < -0.4 is 24.6 Å². The van der Waals surface area contributed by atoms with Gasteiger partial charge >= 0.3 is 0 Å². The van der Waals surface area contributed by atoms with Gasteiger partial charge in [-0.05, 0) is 36.4 Å². The fourth-order valence-corrected chi connectivity index (χ4v) is 4.26. The summed E-state index contributed by atoms with van der Waals surface area (Å²) in [6.45, 7) is 3.67. The third kappa shape index (κ3) is 5.87. The molecule has 1 aromatic heterocycles. The van der Waals surface area contributed by atoms with Crippen LogP contribution in [0, 0.1) is 0 Å². The van der Waals surface area contributed by atoms with E-state index in [0.717, 1.165) is 32.0 Å². The van der Waals surface area contributed by atoms with E-state index in [-0.39, 0.29) is 11.7 Å². The number of methoxy groups -OCH3 is 2. The molecule has 1 aliphatic heterocycles. The number of amides is 1. The predicted octanol–water partition coefficient (Wildman–Crippen LogP) is 3.55. The van der Waals surface area contributed by atoms with E-state index < -0.39 is 0 Å². The molecule has 0 aliphatic carbocycles. The first-order chi connectivity index (χ1) is 16.2. The number of rotatable bonds is 8. The Hall–Kier alpha value is -3.46. The molecule has 0 saturated carbocycles. The largest absolute Gasteiger partial charge is 0.493 e. The molecule has 1 N–H and O–H groups in total. The average Bonchev–Trinajstić information content (AvgIpc) is 2.88. The summed E-state index contributed by atoms with van der Waals surface area (Å²) in [7, 11) is 3.13. The number of benzene rings is 2. The minimum Gasteiger partial charge on any atom is -0.493 e. The van der Waals surface area contributed by atoms with Gasteiger partial charge in [0.15, 0.2) is 17.3 Å². The molecule has 2 heterocycles. The minimum atomic E-state index is -0.130. The summed E-state index contributed by atoms with van der Waals surface area (Å²) in [4.78, 5) is 17.0. The first kappa shape index (κ1) is 22.7. The Morgan fingerprint density at radius 2 is 1.64 bits per heavy atom. The zero-order valence-corrected chi connectivity index (χ0v) is 19.5. The van der Waals surface area contributed by atoms with E-state index in [1.54, 1.807) is 32.4 Å². The summed E-state index contributed by atoms with van der Waals surface area (Å²) in [5.41, 5.74) is 1.90. The number of hydrogen-bond donors (Lipinski definition) is 1. The average molecular weight is 466 g/mol. The fourth-order valence-electron chi connectivity index (χ4n) is 3.64. The molecule has 33 heavy (non-hydrogen) atoms. The van der Waals surface area contributed by atoms with Gasteiger partial charge in [0.05, 0.1) is 20.0 Å². The standard InChI is InChI=1S/C24H27N5O3S/c1-31-20-9-8-18(16-21(20)32-2)25-23(30)17-33-24-11-10-22(26-27-24)29-14-12-28(13-15-29)19-6-4-3-5-7-19/h3-11,16H,12-15,17H2,1-2H3,(H,25,30). The number of ether oxygens (including phenoxy) is 2. The van der Waals surface area contributed by atoms with Crippen molar-refractivity contribution in [2.75, 3.05) is 61.3 Å². The van der Waals surface area contributed by atoms with Crippen molar-refractivity contribution in [1.29, 1.82) is 0 Å². The van der Waals surface area contributed by atoms with Crippen LogP contribution in [0.3, 0.4) is 0 Å². The Morgan fingerprint density at radius 3 is 2.30 bits per heavy atom. The van der Waals surface area contributed by atoms with Gasteiger partial charge in [-0.2, -0.15) is 0 Å². The Labute approximate surface area is 197 Å². The van der Waals surface area contributed by atoms with Crippen LogP contribution in [0.4, 0.5) is 17.2 Å². The Balaban J connectivity index is 1.26. The van der Waals surface area contributed by atoms with E-state index in [0.29, 0.717) is 22.2 Å². The maximum Gasteiger partial charge on any atom is 0.234 e.